The number of esters is 1. The molecule has 0 saturated heterocycles. The molecule has 2 aromatic carbocycles. The first-order valence-corrected chi connectivity index (χ1v) is 10.9. The van der Waals surface area contributed by atoms with Gasteiger partial charge in [-0.05, 0) is 45.0 Å². The number of nitrogens with zero attached hydrogens (tertiary/aromatic N) is 4. The molecule has 0 radical (unpaired) electrons. The van der Waals surface area contributed by atoms with Gasteiger partial charge in [-0.3, -0.25) is 4.79 Å². The highest BCUT2D eigenvalue weighted by molar-refractivity contribution is 6.29. The second-order valence-corrected chi connectivity index (χ2v) is 7.96. The van der Waals surface area contributed by atoms with Crippen LogP contribution in [-0.2, 0) is 19.7 Å². The van der Waals surface area contributed by atoms with Gasteiger partial charge in [0, 0.05) is 0 Å². The van der Waals surface area contributed by atoms with E-state index >= 15 is 0 Å². The fraction of sp³-hybridized carbons (Fsp3) is 0.200. The van der Waals surface area contributed by atoms with Crippen LogP contribution < -0.4 is 15.5 Å². The van der Waals surface area contributed by atoms with Crippen LogP contribution >= 0.6 is 0 Å². The third-order valence-corrected chi connectivity index (χ3v) is 6.01. The average Bonchev–Trinajstić information content (AvgIpc) is 3.30. The number of hydrazone groups is 1. The number of carbonyl (C=O) groups excluding carboxylic acids is 2. The van der Waals surface area contributed by atoms with Crippen LogP contribution in [0.15, 0.2) is 77.2 Å². The van der Waals surface area contributed by atoms with Crippen molar-refractivity contribution in [1.29, 1.82) is 0 Å². The summed E-state index contributed by atoms with van der Waals surface area (Å²) in [5.41, 5.74) is 7.16. The molecule has 1 atom stereocenters. The zero-order valence-corrected chi connectivity index (χ0v) is 19.0. The van der Waals surface area contributed by atoms with Gasteiger partial charge in [-0.25, -0.2) is 9.48 Å². The topological polar surface area (TPSA) is 112 Å². The lowest BCUT2D eigenvalue weighted by molar-refractivity contribution is -0.140. The van der Waals surface area contributed by atoms with E-state index in [0.29, 0.717) is 28.3 Å². The summed E-state index contributed by atoms with van der Waals surface area (Å²) in [5.74, 6) is -1.16. The first-order chi connectivity index (χ1) is 16.4. The molecule has 1 aromatic heterocycles. The third-order valence-electron chi connectivity index (χ3n) is 6.01. The largest absolute Gasteiger partial charge is 0.462 e. The summed E-state index contributed by atoms with van der Waals surface area (Å²) < 4.78 is 12.9. The molecule has 0 unspecified atom stereocenters. The van der Waals surface area contributed by atoms with Gasteiger partial charge in [0.1, 0.15) is 5.57 Å². The normalized spacial score (nSPS) is 19.2. The molecule has 2 aliphatic rings. The first kappa shape index (κ1) is 21.4. The number of fused-ring (bicyclic) bond motifs is 2. The molecule has 1 spiro atoms. The van der Waals surface area contributed by atoms with E-state index in [4.69, 9.17) is 15.2 Å². The van der Waals surface area contributed by atoms with Gasteiger partial charge in [-0.15, -0.1) is 0 Å². The van der Waals surface area contributed by atoms with Crippen molar-refractivity contribution < 1.29 is 19.1 Å². The van der Waals surface area contributed by atoms with Crippen molar-refractivity contribution in [2.75, 3.05) is 11.6 Å². The molecule has 0 bridgehead atoms. The number of hydrogen-bond acceptors (Lipinski definition) is 7. The Labute approximate surface area is 196 Å². The molecule has 5 rings (SSSR count). The van der Waals surface area contributed by atoms with Crippen LogP contribution in [0.25, 0.3) is 5.69 Å². The minimum atomic E-state index is -1.64. The molecule has 9 nitrogen and oxygen atoms in total. The van der Waals surface area contributed by atoms with Crippen LogP contribution in [0.3, 0.4) is 0 Å². The van der Waals surface area contributed by atoms with Crippen molar-refractivity contribution in [2.45, 2.75) is 26.2 Å². The van der Waals surface area contributed by atoms with Crippen LogP contribution in [0.2, 0.25) is 0 Å². The molecule has 2 N–H and O–H groups in total. The molecule has 9 heteroatoms. The molecule has 0 aliphatic carbocycles. The summed E-state index contributed by atoms with van der Waals surface area (Å²) in [6.45, 7) is 5.25. The van der Waals surface area contributed by atoms with E-state index in [1.165, 1.54) is 5.01 Å². The zero-order valence-electron chi connectivity index (χ0n) is 19.0. The molecule has 3 aromatic rings. The predicted molar refractivity (Wildman–Crippen MR) is 125 cm³/mol. The number of rotatable bonds is 4. The molecular weight excluding hydrogens is 434 g/mol. The van der Waals surface area contributed by atoms with Crippen molar-refractivity contribution in [1.82, 2.24) is 9.78 Å². The van der Waals surface area contributed by atoms with Crippen LogP contribution in [0.1, 0.15) is 25.1 Å². The van der Waals surface area contributed by atoms with Crippen molar-refractivity contribution in [2.24, 2.45) is 10.8 Å². The minimum absolute atomic E-state index is 0.0951. The Bertz CT molecular complexity index is 1360. The van der Waals surface area contributed by atoms with Gasteiger partial charge < -0.3 is 15.2 Å². The van der Waals surface area contributed by atoms with Crippen molar-refractivity contribution in [3.63, 3.8) is 0 Å². The van der Waals surface area contributed by atoms with E-state index in [1.807, 2.05) is 48.5 Å². The van der Waals surface area contributed by atoms with Crippen LogP contribution in [0.5, 0.6) is 5.88 Å². The van der Waals surface area contributed by atoms with E-state index in [2.05, 4.69) is 10.2 Å². The lowest BCUT2D eigenvalue weighted by Gasteiger charge is -2.34. The Hall–Kier alpha value is -4.40. The number of benzene rings is 2. The van der Waals surface area contributed by atoms with Gasteiger partial charge in [-0.2, -0.15) is 15.2 Å². The Morgan fingerprint density at radius 1 is 1.06 bits per heavy atom. The van der Waals surface area contributed by atoms with Gasteiger partial charge in [0.05, 0.1) is 35.0 Å². The zero-order chi connectivity index (χ0) is 24.0. The number of hydrogen-bond donors (Lipinski definition) is 1. The van der Waals surface area contributed by atoms with Gasteiger partial charge >= 0.3 is 5.97 Å². The number of para-hydroxylation sites is 2. The number of carbonyl (C=O) groups is 2. The molecule has 0 fully saturated rings. The van der Waals surface area contributed by atoms with Crippen LogP contribution in [0.4, 0.5) is 5.69 Å². The highest BCUT2D eigenvalue weighted by Gasteiger charge is 2.62. The summed E-state index contributed by atoms with van der Waals surface area (Å²) in [6, 6.07) is 18.3. The molecule has 2 aliphatic heterocycles. The number of nitrogens with two attached hydrogens (primary N) is 1. The average molecular weight is 457 g/mol. The Kier molecular flexibility index (Phi) is 4.97. The van der Waals surface area contributed by atoms with E-state index in [0.717, 1.165) is 0 Å². The molecular formula is C25H23N5O4. The summed E-state index contributed by atoms with van der Waals surface area (Å²) in [5, 5.41) is 10.5. The Morgan fingerprint density at radius 2 is 1.68 bits per heavy atom. The summed E-state index contributed by atoms with van der Waals surface area (Å²) >= 11 is 0. The fourth-order valence-corrected chi connectivity index (χ4v) is 4.60. The van der Waals surface area contributed by atoms with Gasteiger partial charge in [0.2, 0.25) is 11.8 Å². The third kappa shape index (κ3) is 2.86. The molecule has 34 heavy (non-hydrogen) atoms. The maximum absolute atomic E-state index is 14.2. The van der Waals surface area contributed by atoms with Crippen molar-refractivity contribution in [3.05, 3.63) is 83.4 Å². The van der Waals surface area contributed by atoms with E-state index in [9.17, 15) is 9.59 Å². The predicted octanol–water partition coefficient (Wildman–Crippen LogP) is 2.97. The molecule has 0 saturated carbocycles. The fourth-order valence-electron chi connectivity index (χ4n) is 4.60. The van der Waals surface area contributed by atoms with Gasteiger partial charge in [-0.1, -0.05) is 36.4 Å². The van der Waals surface area contributed by atoms with Crippen molar-refractivity contribution >= 4 is 23.3 Å². The number of aryl methyl sites for hydroxylation is 1. The van der Waals surface area contributed by atoms with Crippen LogP contribution in [-0.4, -0.2) is 34.0 Å². The first-order valence-electron chi connectivity index (χ1n) is 10.9. The summed E-state index contributed by atoms with van der Waals surface area (Å²) in [6.07, 6.45) is 0. The Balaban J connectivity index is 1.80. The van der Waals surface area contributed by atoms with E-state index in [-0.39, 0.29) is 23.9 Å². The second kappa shape index (κ2) is 7.87. The quantitative estimate of drug-likeness (QED) is 0.603. The minimum Gasteiger partial charge on any atom is -0.462 e. The van der Waals surface area contributed by atoms with Crippen LogP contribution in [0, 0.1) is 6.92 Å². The maximum Gasteiger partial charge on any atom is 0.341 e. The SMILES string of the molecule is CCOC(=O)C1=C(N)Oc2c(c(C)nn2-c2ccccc2)[C@@]12C(=O)N(c1ccccc1)N=C2C. The number of anilines is 1. The summed E-state index contributed by atoms with van der Waals surface area (Å²) in [4.78, 5) is 27.4. The van der Waals surface area contributed by atoms with E-state index < -0.39 is 17.3 Å². The van der Waals surface area contributed by atoms with Crippen molar-refractivity contribution in [3.8, 4) is 11.6 Å². The molecule has 1 amide bonds. The lowest BCUT2D eigenvalue weighted by atomic mass is 9.69. The highest BCUT2D eigenvalue weighted by atomic mass is 16.5. The maximum atomic E-state index is 14.2. The van der Waals surface area contributed by atoms with Gasteiger partial charge in [0.25, 0.3) is 5.91 Å². The number of amides is 1. The summed E-state index contributed by atoms with van der Waals surface area (Å²) in [7, 11) is 0. The van der Waals surface area contributed by atoms with Gasteiger partial charge in [0.15, 0.2) is 5.41 Å². The second-order valence-electron chi connectivity index (χ2n) is 7.96. The lowest BCUT2D eigenvalue weighted by Crippen LogP contribution is -2.51. The highest BCUT2D eigenvalue weighted by Crippen LogP contribution is 2.51. The monoisotopic (exact) mass is 457 g/mol. The molecule has 172 valence electrons. The number of ether oxygens (including phenoxy) is 2. The smallest absolute Gasteiger partial charge is 0.341 e. The number of aromatic nitrogens is 2. The Morgan fingerprint density at radius 3 is 2.29 bits per heavy atom. The molecule has 3 heterocycles. The van der Waals surface area contributed by atoms with E-state index in [1.54, 1.807) is 37.6 Å². The standard InChI is InChI=1S/C25H23N5O4/c1-4-33-23(31)20-21(26)34-22-19(15(2)27-29(22)17-11-7-5-8-12-17)25(20)16(3)28-30(24(25)32)18-13-9-6-10-14-18/h5-14H,4,26H2,1-3H3/t25-/m1/s1.